The van der Waals surface area contributed by atoms with E-state index in [4.69, 9.17) is 16.3 Å². The fraction of sp³-hybridized carbons (Fsp3) is 0.0435. The largest absolute Gasteiger partial charge is 0.489 e. The molecule has 6 heteroatoms. The number of rotatable bonds is 6. The number of para-hydroxylation sites is 2. The average Bonchev–Trinajstić information content (AvgIpc) is 3.18. The molecule has 0 saturated heterocycles. The van der Waals surface area contributed by atoms with E-state index >= 15 is 0 Å². The van der Waals surface area contributed by atoms with Crippen LogP contribution < -0.4 is 10.1 Å². The minimum Gasteiger partial charge on any atom is -0.489 e. The first-order valence-corrected chi connectivity index (χ1v) is 9.39. The number of nitrogens with one attached hydrogen (secondary N) is 2. The van der Waals surface area contributed by atoms with Crippen molar-refractivity contribution in [3.8, 4) is 11.8 Å². The fourth-order valence-electron chi connectivity index (χ4n) is 2.81. The van der Waals surface area contributed by atoms with Crippen LogP contribution in [0, 0.1) is 11.3 Å². The van der Waals surface area contributed by atoms with Crippen LogP contribution >= 0.6 is 11.6 Å². The Bertz CT molecular complexity index is 1170. The SMILES string of the molecule is N#CC(=CNc1ccc(OCc2ccccc2Cl)cc1)c1nc2ccccc2[nH]1. The Labute approximate surface area is 173 Å². The lowest BCUT2D eigenvalue weighted by Crippen LogP contribution is -1.96. The van der Waals surface area contributed by atoms with Gasteiger partial charge < -0.3 is 15.0 Å². The molecule has 0 saturated carbocycles. The van der Waals surface area contributed by atoms with Crippen molar-refractivity contribution in [2.45, 2.75) is 6.61 Å². The maximum absolute atomic E-state index is 9.48. The maximum Gasteiger partial charge on any atom is 0.150 e. The molecular weight excluding hydrogens is 384 g/mol. The normalized spacial score (nSPS) is 11.2. The molecule has 2 N–H and O–H groups in total. The number of aromatic amines is 1. The van der Waals surface area contributed by atoms with E-state index < -0.39 is 0 Å². The molecule has 0 unspecified atom stereocenters. The summed E-state index contributed by atoms with van der Waals surface area (Å²) in [5.74, 6) is 1.26. The van der Waals surface area contributed by atoms with Crippen LogP contribution in [0.3, 0.4) is 0 Å². The molecule has 0 fully saturated rings. The molecule has 4 aromatic rings. The van der Waals surface area contributed by atoms with Crippen LogP contribution in [0.25, 0.3) is 16.6 Å². The van der Waals surface area contributed by atoms with Gasteiger partial charge in [0.1, 0.15) is 24.0 Å². The number of H-pyrrole nitrogens is 1. The first-order chi connectivity index (χ1) is 14.2. The summed E-state index contributed by atoms with van der Waals surface area (Å²) in [5.41, 5.74) is 3.90. The molecule has 1 aromatic heterocycles. The monoisotopic (exact) mass is 400 g/mol. The van der Waals surface area contributed by atoms with E-state index in [9.17, 15) is 5.26 Å². The summed E-state index contributed by atoms with van der Waals surface area (Å²) in [6.07, 6.45) is 1.64. The highest BCUT2D eigenvalue weighted by Gasteiger charge is 2.07. The first kappa shape index (κ1) is 18.6. The lowest BCUT2D eigenvalue weighted by molar-refractivity contribution is 0.306. The van der Waals surface area contributed by atoms with Gasteiger partial charge in [0.15, 0.2) is 5.82 Å². The van der Waals surface area contributed by atoms with Crippen LogP contribution in [0.5, 0.6) is 5.75 Å². The van der Waals surface area contributed by atoms with Crippen molar-refractivity contribution in [3.05, 3.63) is 95.4 Å². The highest BCUT2D eigenvalue weighted by molar-refractivity contribution is 6.31. The van der Waals surface area contributed by atoms with E-state index in [1.165, 1.54) is 0 Å². The molecular formula is C23H17ClN4O. The van der Waals surface area contributed by atoms with Gasteiger partial charge in [-0.15, -0.1) is 0 Å². The van der Waals surface area contributed by atoms with Crippen molar-refractivity contribution >= 4 is 33.9 Å². The Balaban J connectivity index is 1.42. The second-order valence-corrected chi connectivity index (χ2v) is 6.73. The van der Waals surface area contributed by atoms with E-state index in [-0.39, 0.29) is 0 Å². The molecule has 1 heterocycles. The van der Waals surface area contributed by atoms with Gasteiger partial charge in [-0.05, 0) is 42.5 Å². The van der Waals surface area contributed by atoms with Crippen LogP contribution in [-0.4, -0.2) is 9.97 Å². The number of anilines is 1. The Kier molecular flexibility index (Phi) is 5.46. The topological polar surface area (TPSA) is 73.7 Å². The molecule has 3 aromatic carbocycles. The first-order valence-electron chi connectivity index (χ1n) is 9.01. The van der Waals surface area contributed by atoms with Crippen LogP contribution in [0.15, 0.2) is 79.0 Å². The zero-order chi connectivity index (χ0) is 20.1. The van der Waals surface area contributed by atoms with Gasteiger partial charge in [-0.3, -0.25) is 0 Å². The lowest BCUT2D eigenvalue weighted by atomic mass is 10.2. The Morgan fingerprint density at radius 3 is 2.59 bits per heavy atom. The molecule has 0 aliphatic heterocycles. The number of fused-ring (bicyclic) bond motifs is 1. The molecule has 29 heavy (non-hydrogen) atoms. The van der Waals surface area contributed by atoms with Crippen LogP contribution in [0.4, 0.5) is 5.69 Å². The van der Waals surface area contributed by atoms with Crippen molar-refractivity contribution in [2.24, 2.45) is 0 Å². The predicted molar refractivity (Wildman–Crippen MR) is 116 cm³/mol. The van der Waals surface area contributed by atoms with Crippen molar-refractivity contribution in [1.82, 2.24) is 9.97 Å². The van der Waals surface area contributed by atoms with E-state index in [1.807, 2.05) is 72.8 Å². The number of halogens is 1. The van der Waals surface area contributed by atoms with Crippen molar-refractivity contribution in [1.29, 1.82) is 5.26 Å². The van der Waals surface area contributed by atoms with Crippen molar-refractivity contribution < 1.29 is 4.74 Å². The van der Waals surface area contributed by atoms with Gasteiger partial charge in [-0.2, -0.15) is 5.26 Å². The van der Waals surface area contributed by atoms with Gasteiger partial charge in [0.25, 0.3) is 0 Å². The van der Waals surface area contributed by atoms with E-state index in [0.29, 0.717) is 23.0 Å². The van der Waals surface area contributed by atoms with Gasteiger partial charge in [-0.25, -0.2) is 4.98 Å². The summed E-state index contributed by atoms with van der Waals surface area (Å²) in [5, 5.41) is 13.3. The number of benzene rings is 3. The number of aromatic nitrogens is 2. The highest BCUT2D eigenvalue weighted by atomic mass is 35.5. The Morgan fingerprint density at radius 1 is 1.07 bits per heavy atom. The van der Waals surface area contributed by atoms with Crippen LogP contribution in [0.2, 0.25) is 5.02 Å². The Morgan fingerprint density at radius 2 is 1.83 bits per heavy atom. The fourth-order valence-corrected chi connectivity index (χ4v) is 3.00. The number of nitriles is 1. The summed E-state index contributed by atoms with van der Waals surface area (Å²) < 4.78 is 5.78. The second kappa shape index (κ2) is 8.51. The maximum atomic E-state index is 9.48. The number of imidazole rings is 1. The van der Waals surface area contributed by atoms with Gasteiger partial charge in [-0.1, -0.05) is 41.9 Å². The predicted octanol–water partition coefficient (Wildman–Crippen LogP) is 5.77. The number of ether oxygens (including phenoxy) is 1. The van der Waals surface area contributed by atoms with E-state index in [2.05, 4.69) is 21.4 Å². The number of nitrogens with zero attached hydrogens (tertiary/aromatic N) is 2. The quantitative estimate of drug-likeness (QED) is 0.403. The molecule has 0 aliphatic carbocycles. The standard InChI is InChI=1S/C23H17ClN4O/c24-20-6-2-1-5-16(20)15-29-19-11-9-18(10-12-19)26-14-17(13-25)23-27-21-7-3-4-8-22(21)28-23/h1-12,14,26H,15H2,(H,27,28). The van der Waals surface area contributed by atoms with Gasteiger partial charge in [0.2, 0.25) is 0 Å². The number of hydrogen-bond acceptors (Lipinski definition) is 4. The molecule has 4 rings (SSSR count). The summed E-state index contributed by atoms with van der Waals surface area (Å²) in [6, 6.07) is 24.9. The van der Waals surface area contributed by atoms with Crippen molar-refractivity contribution in [3.63, 3.8) is 0 Å². The zero-order valence-electron chi connectivity index (χ0n) is 15.4. The number of allylic oxidation sites excluding steroid dienone is 1. The molecule has 0 radical (unpaired) electrons. The Hall–Kier alpha value is -3.75. The second-order valence-electron chi connectivity index (χ2n) is 6.32. The zero-order valence-corrected chi connectivity index (χ0v) is 16.1. The molecule has 142 valence electrons. The highest BCUT2D eigenvalue weighted by Crippen LogP contribution is 2.21. The summed E-state index contributed by atoms with van der Waals surface area (Å²) in [6.45, 7) is 0.400. The molecule has 0 spiro atoms. The molecule has 0 atom stereocenters. The van der Waals surface area contributed by atoms with E-state index in [1.54, 1.807) is 6.20 Å². The average molecular weight is 401 g/mol. The van der Waals surface area contributed by atoms with E-state index in [0.717, 1.165) is 28.0 Å². The molecule has 0 amide bonds. The van der Waals surface area contributed by atoms with Crippen molar-refractivity contribution in [2.75, 3.05) is 5.32 Å². The minimum absolute atomic E-state index is 0.400. The molecule has 5 nitrogen and oxygen atoms in total. The third-order valence-corrected chi connectivity index (χ3v) is 4.72. The molecule has 0 aliphatic rings. The summed E-state index contributed by atoms with van der Waals surface area (Å²) in [4.78, 5) is 7.61. The minimum atomic E-state index is 0.400. The van der Waals surface area contributed by atoms with Crippen LogP contribution in [-0.2, 0) is 6.61 Å². The summed E-state index contributed by atoms with van der Waals surface area (Å²) in [7, 11) is 0. The lowest BCUT2D eigenvalue weighted by Gasteiger charge is -2.08. The van der Waals surface area contributed by atoms with Crippen LogP contribution in [0.1, 0.15) is 11.4 Å². The number of hydrogen-bond donors (Lipinski definition) is 2. The van der Waals surface area contributed by atoms with Gasteiger partial charge >= 0.3 is 0 Å². The molecule has 0 bridgehead atoms. The van der Waals surface area contributed by atoms with Gasteiger partial charge in [0.05, 0.1) is 11.0 Å². The third kappa shape index (κ3) is 4.40. The van der Waals surface area contributed by atoms with Gasteiger partial charge in [0, 0.05) is 22.5 Å². The third-order valence-electron chi connectivity index (χ3n) is 4.35. The summed E-state index contributed by atoms with van der Waals surface area (Å²) >= 11 is 6.15. The smallest absolute Gasteiger partial charge is 0.150 e.